The normalized spacial score (nSPS) is 10.7. The van der Waals surface area contributed by atoms with Gasteiger partial charge >= 0.3 is 0 Å². The molecule has 1 N–H and O–H groups in total. The van der Waals surface area contributed by atoms with Crippen LogP contribution in [0.25, 0.3) is 11.3 Å². The highest BCUT2D eigenvalue weighted by atomic mass is 35.5. The van der Waals surface area contributed by atoms with E-state index >= 15 is 0 Å². The molecule has 1 amide bonds. The van der Waals surface area contributed by atoms with Crippen molar-refractivity contribution in [2.75, 3.05) is 5.32 Å². The second kappa shape index (κ2) is 7.08. The van der Waals surface area contributed by atoms with E-state index in [0.717, 1.165) is 0 Å². The molecule has 0 unspecified atom stereocenters. The minimum atomic E-state index is -0.419. The Balaban J connectivity index is 1.83. The number of amides is 1. The molecule has 7 heteroatoms. The number of hydrogen-bond donors (Lipinski definition) is 1. The third kappa shape index (κ3) is 3.55. The van der Waals surface area contributed by atoms with Gasteiger partial charge in [-0.25, -0.2) is 0 Å². The minimum absolute atomic E-state index is 0.132. The molecule has 3 aromatic rings. The van der Waals surface area contributed by atoms with Crippen molar-refractivity contribution < 1.29 is 9.21 Å². The largest absolute Gasteiger partial charge is 0.451 e. The average molecular weight is 401 g/mol. The molecule has 1 aromatic heterocycles. The van der Waals surface area contributed by atoms with Crippen molar-refractivity contribution >= 4 is 58.0 Å². The topological polar surface area (TPSA) is 42.2 Å². The highest BCUT2D eigenvalue weighted by molar-refractivity contribution is 6.43. The van der Waals surface area contributed by atoms with Crippen LogP contribution in [0.3, 0.4) is 0 Å². The number of nitrogens with one attached hydrogen (secondary N) is 1. The number of rotatable bonds is 3. The molecular formula is C17H9Cl4NO2. The molecule has 0 bridgehead atoms. The molecule has 2 aromatic carbocycles. The molecule has 0 spiro atoms. The molecule has 0 aliphatic heterocycles. The highest BCUT2D eigenvalue weighted by Gasteiger charge is 2.15. The summed E-state index contributed by atoms with van der Waals surface area (Å²) >= 11 is 23.9. The Bertz CT molecular complexity index is 921. The fourth-order valence-electron chi connectivity index (χ4n) is 2.07. The first-order chi connectivity index (χ1) is 11.5. The van der Waals surface area contributed by atoms with Gasteiger partial charge in [0.05, 0.1) is 20.1 Å². The molecule has 0 atom stereocenters. The molecule has 24 heavy (non-hydrogen) atoms. The average Bonchev–Trinajstić information content (AvgIpc) is 3.03. The molecule has 3 nitrogen and oxygen atoms in total. The highest BCUT2D eigenvalue weighted by Crippen LogP contribution is 2.34. The number of carbonyl (C=O) groups excluding carboxylic acids is 1. The van der Waals surface area contributed by atoms with E-state index in [4.69, 9.17) is 50.8 Å². The lowest BCUT2D eigenvalue weighted by Crippen LogP contribution is -2.10. The van der Waals surface area contributed by atoms with Crippen molar-refractivity contribution in [3.63, 3.8) is 0 Å². The van der Waals surface area contributed by atoms with Crippen molar-refractivity contribution in [2.24, 2.45) is 0 Å². The molecular weight excluding hydrogens is 392 g/mol. The number of benzene rings is 2. The van der Waals surface area contributed by atoms with Gasteiger partial charge in [0.2, 0.25) is 0 Å². The van der Waals surface area contributed by atoms with Crippen LogP contribution in [0.2, 0.25) is 20.1 Å². The van der Waals surface area contributed by atoms with Crippen LogP contribution in [-0.4, -0.2) is 5.91 Å². The summed E-state index contributed by atoms with van der Waals surface area (Å²) in [5, 5.41) is 4.21. The van der Waals surface area contributed by atoms with E-state index in [-0.39, 0.29) is 5.76 Å². The lowest BCUT2D eigenvalue weighted by Gasteiger charge is -2.05. The summed E-state index contributed by atoms with van der Waals surface area (Å²) in [5.41, 5.74) is 1.12. The van der Waals surface area contributed by atoms with Crippen molar-refractivity contribution in [1.29, 1.82) is 0 Å². The number of furan rings is 1. The van der Waals surface area contributed by atoms with E-state index < -0.39 is 5.91 Å². The Labute approximate surface area is 158 Å². The Kier molecular flexibility index (Phi) is 5.07. The lowest BCUT2D eigenvalue weighted by molar-refractivity contribution is 0.0997. The SMILES string of the molecule is O=C(Nc1ccc(Cl)c(Cl)c1)c1ccc(-c2cccc(Cl)c2Cl)o1. The van der Waals surface area contributed by atoms with Gasteiger partial charge in [-0.05, 0) is 42.5 Å². The molecule has 0 aliphatic rings. The zero-order valence-electron chi connectivity index (χ0n) is 11.9. The summed E-state index contributed by atoms with van der Waals surface area (Å²) in [6.45, 7) is 0. The van der Waals surface area contributed by atoms with Gasteiger partial charge in [0.15, 0.2) is 5.76 Å². The second-order valence-corrected chi connectivity index (χ2v) is 6.45. The van der Waals surface area contributed by atoms with Gasteiger partial charge < -0.3 is 9.73 Å². The number of carbonyl (C=O) groups is 1. The van der Waals surface area contributed by atoms with Gasteiger partial charge in [-0.15, -0.1) is 0 Å². The Hall–Kier alpha value is -1.65. The summed E-state index contributed by atoms with van der Waals surface area (Å²) in [7, 11) is 0. The minimum Gasteiger partial charge on any atom is -0.451 e. The van der Waals surface area contributed by atoms with E-state index in [1.807, 2.05) is 0 Å². The van der Waals surface area contributed by atoms with Gasteiger partial charge in [-0.1, -0.05) is 52.5 Å². The number of halogens is 4. The van der Waals surface area contributed by atoms with Crippen LogP contribution in [0.5, 0.6) is 0 Å². The molecule has 0 fully saturated rings. The van der Waals surface area contributed by atoms with Crippen LogP contribution in [0.1, 0.15) is 10.6 Å². The summed E-state index contributed by atoms with van der Waals surface area (Å²) in [6, 6.07) is 13.2. The quantitative estimate of drug-likeness (QED) is 0.524. The van der Waals surface area contributed by atoms with Crippen LogP contribution >= 0.6 is 46.4 Å². The first kappa shape index (κ1) is 17.2. The standard InChI is InChI=1S/C17H9Cl4NO2/c18-11-5-4-9(8-13(11)20)22-17(23)15-7-6-14(24-15)10-2-1-3-12(19)16(10)21/h1-8H,(H,22,23). The zero-order valence-corrected chi connectivity index (χ0v) is 15.0. The van der Waals surface area contributed by atoms with Crippen LogP contribution in [-0.2, 0) is 0 Å². The Morgan fingerprint density at radius 3 is 2.42 bits per heavy atom. The maximum Gasteiger partial charge on any atom is 0.291 e. The molecule has 0 radical (unpaired) electrons. The van der Waals surface area contributed by atoms with Crippen molar-refractivity contribution in [2.45, 2.75) is 0 Å². The number of hydrogen-bond acceptors (Lipinski definition) is 2. The van der Waals surface area contributed by atoms with E-state index in [2.05, 4.69) is 5.32 Å². The summed E-state index contributed by atoms with van der Waals surface area (Å²) in [6.07, 6.45) is 0. The van der Waals surface area contributed by atoms with E-state index in [1.54, 1.807) is 48.5 Å². The van der Waals surface area contributed by atoms with Gasteiger partial charge in [0, 0.05) is 11.3 Å². The molecule has 1 heterocycles. The first-order valence-electron chi connectivity index (χ1n) is 6.76. The molecule has 0 saturated carbocycles. The van der Waals surface area contributed by atoms with E-state index in [1.165, 1.54) is 0 Å². The monoisotopic (exact) mass is 399 g/mol. The molecule has 3 rings (SSSR count). The van der Waals surface area contributed by atoms with Gasteiger partial charge in [0.25, 0.3) is 5.91 Å². The third-order valence-electron chi connectivity index (χ3n) is 3.22. The second-order valence-electron chi connectivity index (χ2n) is 4.85. The fraction of sp³-hybridized carbons (Fsp3) is 0. The van der Waals surface area contributed by atoms with Crippen molar-refractivity contribution in [1.82, 2.24) is 0 Å². The Morgan fingerprint density at radius 1 is 0.875 bits per heavy atom. The summed E-state index contributed by atoms with van der Waals surface area (Å²) in [5.74, 6) is 0.159. The summed E-state index contributed by atoms with van der Waals surface area (Å²) in [4.78, 5) is 12.3. The van der Waals surface area contributed by atoms with Crippen molar-refractivity contribution in [3.8, 4) is 11.3 Å². The van der Waals surface area contributed by atoms with Gasteiger partial charge in [0.1, 0.15) is 5.76 Å². The fourth-order valence-corrected chi connectivity index (χ4v) is 2.76. The predicted molar refractivity (Wildman–Crippen MR) is 98.6 cm³/mol. The van der Waals surface area contributed by atoms with Crippen LogP contribution in [0.4, 0.5) is 5.69 Å². The molecule has 122 valence electrons. The van der Waals surface area contributed by atoms with Crippen LogP contribution < -0.4 is 5.32 Å². The summed E-state index contributed by atoms with van der Waals surface area (Å²) < 4.78 is 5.58. The zero-order chi connectivity index (χ0) is 17.3. The van der Waals surface area contributed by atoms with Crippen LogP contribution in [0.15, 0.2) is 52.9 Å². The van der Waals surface area contributed by atoms with Crippen LogP contribution in [0, 0.1) is 0 Å². The maximum absolute atomic E-state index is 12.3. The third-order valence-corrected chi connectivity index (χ3v) is 4.78. The van der Waals surface area contributed by atoms with E-state index in [9.17, 15) is 4.79 Å². The van der Waals surface area contributed by atoms with Crippen molar-refractivity contribution in [3.05, 3.63) is 74.4 Å². The smallest absolute Gasteiger partial charge is 0.291 e. The first-order valence-corrected chi connectivity index (χ1v) is 8.27. The maximum atomic E-state index is 12.3. The van der Waals surface area contributed by atoms with E-state index in [0.29, 0.717) is 37.1 Å². The van der Waals surface area contributed by atoms with Gasteiger partial charge in [-0.3, -0.25) is 4.79 Å². The Morgan fingerprint density at radius 2 is 1.67 bits per heavy atom. The number of anilines is 1. The predicted octanol–water partition coefficient (Wildman–Crippen LogP) is 6.81. The molecule has 0 saturated heterocycles. The lowest BCUT2D eigenvalue weighted by atomic mass is 10.2. The molecule has 0 aliphatic carbocycles. The van der Waals surface area contributed by atoms with Gasteiger partial charge in [-0.2, -0.15) is 0 Å².